The number of carbonyl (C=O) groups excluding carboxylic acids is 1. The maximum Gasteiger partial charge on any atom is 0.152 e. The summed E-state index contributed by atoms with van der Waals surface area (Å²) in [6.45, 7) is 7.75. The highest BCUT2D eigenvalue weighted by atomic mass is 16.1. The number of anilines is 1. The number of piperazine rings is 1. The largest absolute Gasteiger partial charge is 0.365 e. The summed E-state index contributed by atoms with van der Waals surface area (Å²) >= 11 is 0. The van der Waals surface area contributed by atoms with Crippen molar-refractivity contribution in [2.75, 3.05) is 24.5 Å². The van der Waals surface area contributed by atoms with Crippen molar-refractivity contribution in [3.63, 3.8) is 0 Å². The van der Waals surface area contributed by atoms with E-state index in [4.69, 9.17) is 0 Å². The molecule has 0 N–H and O–H groups in total. The highest BCUT2D eigenvalue weighted by Gasteiger charge is 2.33. The van der Waals surface area contributed by atoms with E-state index in [9.17, 15) is 4.79 Å². The summed E-state index contributed by atoms with van der Waals surface area (Å²) in [6, 6.07) is 7.38. The number of aryl methyl sites for hydroxylation is 1. The Morgan fingerprint density at radius 3 is 2.90 bits per heavy atom. The van der Waals surface area contributed by atoms with Crippen LogP contribution in [-0.4, -0.2) is 42.9 Å². The van der Waals surface area contributed by atoms with Crippen molar-refractivity contribution in [1.82, 2.24) is 4.90 Å². The minimum absolute atomic E-state index is 0.478. The van der Waals surface area contributed by atoms with Gasteiger partial charge >= 0.3 is 0 Å². The van der Waals surface area contributed by atoms with Gasteiger partial charge in [0.05, 0.1) is 0 Å². The van der Waals surface area contributed by atoms with Crippen LogP contribution in [0, 0.1) is 6.92 Å². The van der Waals surface area contributed by atoms with Gasteiger partial charge in [-0.25, -0.2) is 0 Å². The number of rotatable bonds is 2. The molecule has 20 heavy (non-hydrogen) atoms. The highest BCUT2D eigenvalue weighted by Crippen LogP contribution is 2.30. The fraction of sp³-hybridized carbons (Fsp3) is 0.588. The van der Waals surface area contributed by atoms with E-state index >= 15 is 0 Å². The number of benzene rings is 1. The van der Waals surface area contributed by atoms with E-state index in [0.29, 0.717) is 12.1 Å². The Labute approximate surface area is 121 Å². The number of nitrogens with zero attached hydrogens (tertiary/aromatic N) is 2. The van der Waals surface area contributed by atoms with Crippen LogP contribution in [0.25, 0.3) is 0 Å². The molecule has 0 aromatic heterocycles. The van der Waals surface area contributed by atoms with Gasteiger partial charge in [-0.15, -0.1) is 0 Å². The Hall–Kier alpha value is -1.35. The maximum absolute atomic E-state index is 11.4. The molecule has 0 spiro atoms. The maximum atomic E-state index is 11.4. The second-order valence-corrected chi connectivity index (χ2v) is 6.33. The van der Waals surface area contributed by atoms with E-state index in [1.165, 1.54) is 25.8 Å². The molecule has 3 nitrogen and oxygen atoms in total. The van der Waals surface area contributed by atoms with Crippen LogP contribution < -0.4 is 4.90 Å². The monoisotopic (exact) mass is 272 g/mol. The first-order chi connectivity index (χ1) is 9.69. The molecule has 2 aliphatic rings. The molecule has 108 valence electrons. The van der Waals surface area contributed by atoms with E-state index in [0.717, 1.165) is 36.2 Å². The van der Waals surface area contributed by atoms with E-state index < -0.39 is 0 Å². The quantitative estimate of drug-likeness (QED) is 0.773. The predicted octanol–water partition coefficient (Wildman–Crippen LogP) is 2.87. The van der Waals surface area contributed by atoms with Crippen molar-refractivity contribution in [1.29, 1.82) is 0 Å². The average Bonchev–Trinajstić information content (AvgIpc) is 2.46. The summed E-state index contributed by atoms with van der Waals surface area (Å²) in [7, 11) is 0. The van der Waals surface area contributed by atoms with Crippen molar-refractivity contribution in [2.45, 2.75) is 45.2 Å². The zero-order chi connectivity index (χ0) is 14.1. The predicted molar refractivity (Wildman–Crippen MR) is 82.6 cm³/mol. The Morgan fingerprint density at radius 1 is 1.25 bits per heavy atom. The van der Waals surface area contributed by atoms with E-state index in [2.05, 4.69) is 28.9 Å². The Kier molecular flexibility index (Phi) is 3.79. The molecule has 0 aliphatic carbocycles. The zero-order valence-corrected chi connectivity index (χ0v) is 12.5. The normalized spacial score (nSPS) is 27.2. The second-order valence-electron chi connectivity index (χ2n) is 6.33. The summed E-state index contributed by atoms with van der Waals surface area (Å²) in [5, 5.41) is 0. The standard InChI is InChI=1S/C17H24N2O/c1-13-6-7-17(15(9-13)12-20)19-11-16-5-3-4-8-18(16)10-14(19)2/h6-7,9,12,14,16H,3-5,8,10-11H2,1-2H3. The Balaban J connectivity index is 1.87. The van der Waals surface area contributed by atoms with Gasteiger partial charge in [-0.3, -0.25) is 9.69 Å². The van der Waals surface area contributed by atoms with Crippen molar-refractivity contribution < 1.29 is 4.79 Å². The Morgan fingerprint density at radius 2 is 2.10 bits per heavy atom. The van der Waals surface area contributed by atoms with Crippen molar-refractivity contribution in [3.05, 3.63) is 29.3 Å². The first-order valence-corrected chi connectivity index (χ1v) is 7.75. The summed E-state index contributed by atoms with van der Waals surface area (Å²) in [4.78, 5) is 16.5. The van der Waals surface area contributed by atoms with E-state index in [-0.39, 0.29) is 0 Å². The molecule has 0 amide bonds. The molecule has 2 atom stereocenters. The lowest BCUT2D eigenvalue weighted by Gasteiger charge is -2.48. The fourth-order valence-corrected chi connectivity index (χ4v) is 3.72. The molecule has 0 saturated carbocycles. The lowest BCUT2D eigenvalue weighted by atomic mass is 9.96. The van der Waals surface area contributed by atoms with Crippen molar-refractivity contribution in [3.8, 4) is 0 Å². The third-order valence-corrected chi connectivity index (χ3v) is 4.81. The zero-order valence-electron chi connectivity index (χ0n) is 12.5. The molecule has 2 fully saturated rings. The minimum Gasteiger partial charge on any atom is -0.365 e. The second kappa shape index (κ2) is 5.57. The lowest BCUT2D eigenvalue weighted by molar-refractivity contribution is 0.111. The highest BCUT2D eigenvalue weighted by molar-refractivity contribution is 5.85. The van der Waals surface area contributed by atoms with Gasteiger partial charge in [0.2, 0.25) is 0 Å². The molecule has 2 heterocycles. The van der Waals surface area contributed by atoms with Crippen LogP contribution in [0.4, 0.5) is 5.69 Å². The Bertz CT molecular complexity index is 500. The van der Waals surface area contributed by atoms with Gasteiger partial charge in [0, 0.05) is 36.4 Å². The van der Waals surface area contributed by atoms with Crippen LogP contribution >= 0.6 is 0 Å². The molecule has 2 aliphatic heterocycles. The molecule has 1 aromatic rings. The van der Waals surface area contributed by atoms with Gasteiger partial charge in [0.15, 0.2) is 6.29 Å². The average molecular weight is 272 g/mol. The van der Waals surface area contributed by atoms with Gasteiger partial charge in [0.25, 0.3) is 0 Å². The number of aldehydes is 1. The summed E-state index contributed by atoms with van der Waals surface area (Å²) in [5.41, 5.74) is 3.10. The molecule has 2 saturated heterocycles. The third kappa shape index (κ3) is 2.47. The number of piperidine rings is 1. The van der Waals surface area contributed by atoms with Crippen LogP contribution in [0.3, 0.4) is 0 Å². The topological polar surface area (TPSA) is 23.6 Å². The van der Waals surface area contributed by atoms with Crippen molar-refractivity contribution >= 4 is 12.0 Å². The third-order valence-electron chi connectivity index (χ3n) is 4.81. The number of hydrogen-bond acceptors (Lipinski definition) is 3. The lowest BCUT2D eigenvalue weighted by Crippen LogP contribution is -2.59. The van der Waals surface area contributed by atoms with Crippen LogP contribution in [0.2, 0.25) is 0 Å². The molecule has 3 rings (SSSR count). The molecular weight excluding hydrogens is 248 g/mol. The SMILES string of the molecule is Cc1ccc(N2CC3CCCCN3CC2C)c(C=O)c1. The summed E-state index contributed by atoms with van der Waals surface area (Å²) < 4.78 is 0. The van der Waals surface area contributed by atoms with Crippen LogP contribution in [0.5, 0.6) is 0 Å². The van der Waals surface area contributed by atoms with Crippen LogP contribution in [0.1, 0.15) is 42.1 Å². The molecule has 0 bridgehead atoms. The number of fused-ring (bicyclic) bond motifs is 1. The fourth-order valence-electron chi connectivity index (χ4n) is 3.72. The van der Waals surface area contributed by atoms with Gasteiger partial charge in [0.1, 0.15) is 0 Å². The van der Waals surface area contributed by atoms with Gasteiger partial charge in [-0.1, -0.05) is 18.1 Å². The van der Waals surface area contributed by atoms with Gasteiger partial charge in [-0.2, -0.15) is 0 Å². The minimum atomic E-state index is 0.478. The smallest absolute Gasteiger partial charge is 0.152 e. The molecule has 3 heteroatoms. The van der Waals surface area contributed by atoms with Crippen LogP contribution in [0.15, 0.2) is 18.2 Å². The van der Waals surface area contributed by atoms with Crippen molar-refractivity contribution in [2.24, 2.45) is 0 Å². The number of hydrogen-bond donors (Lipinski definition) is 0. The van der Waals surface area contributed by atoms with Crippen LogP contribution in [-0.2, 0) is 0 Å². The summed E-state index contributed by atoms with van der Waals surface area (Å²) in [6.07, 6.45) is 4.99. The van der Waals surface area contributed by atoms with Gasteiger partial charge in [-0.05, 0) is 45.4 Å². The van der Waals surface area contributed by atoms with Gasteiger partial charge < -0.3 is 4.90 Å². The first kappa shape index (κ1) is 13.6. The molecular formula is C17H24N2O. The first-order valence-electron chi connectivity index (χ1n) is 7.75. The van der Waals surface area contributed by atoms with E-state index in [1.807, 2.05) is 13.0 Å². The number of carbonyl (C=O) groups is 1. The molecule has 1 aromatic carbocycles. The summed E-state index contributed by atoms with van der Waals surface area (Å²) in [5.74, 6) is 0. The van der Waals surface area contributed by atoms with E-state index in [1.54, 1.807) is 0 Å². The molecule has 2 unspecified atom stereocenters. The molecule has 0 radical (unpaired) electrons.